The molecule has 1 unspecified atom stereocenters. The Morgan fingerprint density at radius 1 is 1.48 bits per heavy atom. The third-order valence-electron chi connectivity index (χ3n) is 3.55. The van der Waals surface area contributed by atoms with Gasteiger partial charge >= 0.3 is 0 Å². The minimum Gasteiger partial charge on any atom is -0.481 e. The molecule has 0 fully saturated rings. The Morgan fingerprint density at radius 3 is 2.71 bits per heavy atom. The maximum Gasteiger partial charge on any atom is 0.260 e. The zero-order chi connectivity index (χ0) is 15.9. The summed E-state index contributed by atoms with van der Waals surface area (Å²) in [5.74, 6) is 0.177. The van der Waals surface area contributed by atoms with Crippen molar-refractivity contribution in [2.75, 3.05) is 6.54 Å². The molecule has 1 amide bonds. The highest BCUT2D eigenvalue weighted by molar-refractivity contribution is 5.80. The van der Waals surface area contributed by atoms with Crippen LogP contribution in [0.15, 0.2) is 24.3 Å². The highest BCUT2D eigenvalue weighted by Gasteiger charge is 2.24. The average Bonchev–Trinajstić information content (AvgIpc) is 2.52. The number of nitrogens with zero attached hydrogens (tertiary/aromatic N) is 1. The number of hydrogen-bond acceptors (Lipinski definition) is 4. The second-order valence-corrected chi connectivity index (χ2v) is 5.05. The van der Waals surface area contributed by atoms with Crippen LogP contribution in [-0.2, 0) is 4.79 Å². The summed E-state index contributed by atoms with van der Waals surface area (Å²) in [6, 6.07) is 8.66. The second kappa shape index (κ2) is 7.65. The third-order valence-corrected chi connectivity index (χ3v) is 3.55. The number of rotatable bonds is 7. The number of carbonyl (C=O) groups excluding carboxylic acids is 1. The monoisotopic (exact) mass is 290 g/mol. The Morgan fingerprint density at radius 2 is 2.14 bits per heavy atom. The molecule has 1 aromatic carbocycles. The minimum absolute atomic E-state index is 0.199. The van der Waals surface area contributed by atoms with Gasteiger partial charge < -0.3 is 15.2 Å². The van der Waals surface area contributed by atoms with Gasteiger partial charge in [0.15, 0.2) is 6.10 Å². The van der Waals surface area contributed by atoms with Gasteiger partial charge in [0.2, 0.25) is 0 Å². The molecule has 5 nitrogen and oxygen atoms in total. The molecule has 0 radical (unpaired) electrons. The van der Waals surface area contributed by atoms with E-state index < -0.39 is 11.7 Å². The van der Waals surface area contributed by atoms with E-state index in [1.165, 1.54) is 0 Å². The Kier molecular flexibility index (Phi) is 6.19. The molecule has 0 bridgehead atoms. The van der Waals surface area contributed by atoms with Gasteiger partial charge in [0, 0.05) is 6.54 Å². The number of amides is 1. The molecule has 21 heavy (non-hydrogen) atoms. The van der Waals surface area contributed by atoms with Gasteiger partial charge in [0.05, 0.1) is 17.2 Å². The Labute approximate surface area is 125 Å². The van der Waals surface area contributed by atoms with Crippen molar-refractivity contribution in [3.8, 4) is 11.8 Å². The van der Waals surface area contributed by atoms with Crippen molar-refractivity contribution in [2.24, 2.45) is 0 Å². The first-order valence-corrected chi connectivity index (χ1v) is 7.11. The van der Waals surface area contributed by atoms with Crippen molar-refractivity contribution in [3.05, 3.63) is 29.8 Å². The molecule has 1 atom stereocenters. The molecular weight excluding hydrogens is 268 g/mol. The van der Waals surface area contributed by atoms with Crippen molar-refractivity contribution >= 4 is 5.91 Å². The van der Waals surface area contributed by atoms with Crippen LogP contribution >= 0.6 is 0 Å². The van der Waals surface area contributed by atoms with E-state index in [4.69, 9.17) is 10.00 Å². The van der Waals surface area contributed by atoms with Crippen LogP contribution in [0, 0.1) is 11.3 Å². The molecule has 5 heteroatoms. The molecule has 0 spiro atoms. The molecule has 1 aromatic rings. The summed E-state index contributed by atoms with van der Waals surface area (Å²) in [6.45, 7) is 5.59. The van der Waals surface area contributed by atoms with Crippen LogP contribution in [0.4, 0.5) is 0 Å². The third kappa shape index (κ3) is 5.09. The summed E-state index contributed by atoms with van der Waals surface area (Å²) in [5.41, 5.74) is -0.401. The molecule has 2 N–H and O–H groups in total. The molecule has 114 valence electrons. The summed E-state index contributed by atoms with van der Waals surface area (Å²) in [6.07, 6.45) is 0.448. The quantitative estimate of drug-likeness (QED) is 0.804. The predicted molar refractivity (Wildman–Crippen MR) is 79.8 cm³/mol. The van der Waals surface area contributed by atoms with Crippen molar-refractivity contribution in [3.63, 3.8) is 0 Å². The van der Waals surface area contributed by atoms with Crippen LogP contribution in [-0.4, -0.2) is 29.3 Å². The molecule has 0 saturated heterocycles. The Bertz CT molecular complexity index is 518. The van der Waals surface area contributed by atoms with E-state index in [2.05, 4.69) is 5.32 Å². The lowest BCUT2D eigenvalue weighted by atomic mass is 9.97. The smallest absolute Gasteiger partial charge is 0.260 e. The lowest BCUT2D eigenvalue weighted by Crippen LogP contribution is -2.46. The van der Waals surface area contributed by atoms with Gasteiger partial charge in [0.25, 0.3) is 5.91 Å². The summed E-state index contributed by atoms with van der Waals surface area (Å²) in [4.78, 5) is 12.0. The number of aliphatic hydroxyl groups is 1. The molecule has 0 aliphatic carbocycles. The van der Waals surface area contributed by atoms with Crippen molar-refractivity contribution < 1.29 is 14.6 Å². The van der Waals surface area contributed by atoms with Gasteiger partial charge in [-0.1, -0.05) is 19.9 Å². The van der Waals surface area contributed by atoms with Gasteiger partial charge in [0.1, 0.15) is 5.75 Å². The minimum atomic E-state index is -0.879. The summed E-state index contributed by atoms with van der Waals surface area (Å²) in [7, 11) is 0. The Hall–Kier alpha value is -2.06. The zero-order valence-corrected chi connectivity index (χ0v) is 12.7. The lowest BCUT2D eigenvalue weighted by Gasteiger charge is -2.26. The molecule has 1 rings (SSSR count). The van der Waals surface area contributed by atoms with E-state index in [1.807, 2.05) is 19.9 Å². The summed E-state index contributed by atoms with van der Waals surface area (Å²) >= 11 is 0. The van der Waals surface area contributed by atoms with Crippen molar-refractivity contribution in [1.29, 1.82) is 5.26 Å². The number of carbonyl (C=O) groups is 1. The number of benzene rings is 1. The van der Waals surface area contributed by atoms with E-state index in [1.54, 1.807) is 31.2 Å². The highest BCUT2D eigenvalue weighted by Crippen LogP contribution is 2.15. The predicted octanol–water partition coefficient (Wildman–Crippen LogP) is 1.99. The van der Waals surface area contributed by atoms with E-state index in [-0.39, 0.29) is 12.5 Å². The number of nitrogens with one attached hydrogen (secondary N) is 1. The molecule has 0 saturated carbocycles. The number of hydrogen-bond donors (Lipinski definition) is 2. The molecule has 0 heterocycles. The Balaban J connectivity index is 2.57. The maximum atomic E-state index is 12.0. The fourth-order valence-electron chi connectivity index (χ4n) is 1.79. The van der Waals surface area contributed by atoms with E-state index in [0.29, 0.717) is 24.2 Å². The van der Waals surface area contributed by atoms with Crippen LogP contribution in [0.1, 0.15) is 39.2 Å². The van der Waals surface area contributed by atoms with Gasteiger partial charge in [-0.25, -0.2) is 0 Å². The summed E-state index contributed by atoms with van der Waals surface area (Å²) < 4.78 is 5.51. The van der Waals surface area contributed by atoms with Crippen molar-refractivity contribution in [2.45, 2.75) is 45.3 Å². The highest BCUT2D eigenvalue weighted by atomic mass is 16.5. The van der Waals surface area contributed by atoms with Crippen LogP contribution < -0.4 is 10.1 Å². The van der Waals surface area contributed by atoms with Crippen LogP contribution in [0.3, 0.4) is 0 Å². The number of nitriles is 1. The molecule has 0 aliphatic rings. The topological polar surface area (TPSA) is 82.3 Å². The standard InChI is InChI=1S/C16H22N2O3/c1-4-16(20,5-2)11-18-15(19)12(3)21-14-8-6-7-13(9-14)10-17/h6-9,12,20H,4-5,11H2,1-3H3,(H,18,19). The van der Waals surface area contributed by atoms with E-state index >= 15 is 0 Å². The summed E-state index contributed by atoms with van der Waals surface area (Å²) in [5, 5.41) is 21.6. The van der Waals surface area contributed by atoms with E-state index in [9.17, 15) is 9.90 Å². The average molecular weight is 290 g/mol. The van der Waals surface area contributed by atoms with Gasteiger partial charge in [-0.05, 0) is 38.0 Å². The van der Waals surface area contributed by atoms with Crippen LogP contribution in [0.2, 0.25) is 0 Å². The molecular formula is C16H22N2O3. The normalized spacial score (nSPS) is 12.3. The fourth-order valence-corrected chi connectivity index (χ4v) is 1.79. The van der Waals surface area contributed by atoms with Crippen LogP contribution in [0.5, 0.6) is 5.75 Å². The van der Waals surface area contributed by atoms with Gasteiger partial charge in [-0.3, -0.25) is 4.79 Å². The maximum absolute atomic E-state index is 12.0. The first kappa shape index (κ1) is 17.0. The molecule has 0 aromatic heterocycles. The fraction of sp³-hybridized carbons (Fsp3) is 0.500. The van der Waals surface area contributed by atoms with E-state index in [0.717, 1.165) is 0 Å². The first-order chi connectivity index (χ1) is 9.94. The molecule has 0 aliphatic heterocycles. The number of ether oxygens (including phenoxy) is 1. The van der Waals surface area contributed by atoms with Gasteiger partial charge in [-0.15, -0.1) is 0 Å². The second-order valence-electron chi connectivity index (χ2n) is 5.05. The lowest BCUT2D eigenvalue weighted by molar-refractivity contribution is -0.128. The van der Waals surface area contributed by atoms with Crippen LogP contribution in [0.25, 0.3) is 0 Å². The largest absolute Gasteiger partial charge is 0.481 e. The van der Waals surface area contributed by atoms with Gasteiger partial charge in [-0.2, -0.15) is 5.26 Å². The SMILES string of the molecule is CCC(O)(CC)CNC(=O)C(C)Oc1cccc(C#N)c1. The zero-order valence-electron chi connectivity index (χ0n) is 12.7. The van der Waals surface area contributed by atoms with Crippen molar-refractivity contribution in [1.82, 2.24) is 5.32 Å². The first-order valence-electron chi connectivity index (χ1n) is 7.11.